The monoisotopic (exact) mass is 348 g/mol. The Labute approximate surface area is 143 Å². The van der Waals surface area contributed by atoms with Gasteiger partial charge in [-0.15, -0.1) is 11.3 Å². The van der Waals surface area contributed by atoms with Crippen molar-refractivity contribution in [3.63, 3.8) is 0 Å². The molecular formula is C17H17FN2O3S. The second kappa shape index (κ2) is 7.00. The van der Waals surface area contributed by atoms with Crippen molar-refractivity contribution >= 4 is 28.3 Å². The van der Waals surface area contributed by atoms with Crippen LogP contribution in [0.4, 0.5) is 14.2 Å². The number of esters is 1. The van der Waals surface area contributed by atoms with E-state index in [0.29, 0.717) is 10.6 Å². The lowest BCUT2D eigenvalue weighted by atomic mass is 10.1. The number of hydrogen-bond acceptors (Lipinski definition) is 4. The Balaban J connectivity index is 1.90. The third-order valence-electron chi connectivity index (χ3n) is 3.88. The number of carbonyl (C=O) groups excluding carboxylic acids is 2. The number of hydrogen-bond donors (Lipinski definition) is 1. The van der Waals surface area contributed by atoms with E-state index in [0.717, 1.165) is 36.4 Å². The molecule has 0 aliphatic carbocycles. The molecule has 3 rings (SSSR count). The molecule has 0 radical (unpaired) electrons. The molecule has 0 saturated carbocycles. The molecule has 0 atom stereocenters. The van der Waals surface area contributed by atoms with Gasteiger partial charge in [0, 0.05) is 18.0 Å². The van der Waals surface area contributed by atoms with Gasteiger partial charge in [-0.05, 0) is 36.6 Å². The van der Waals surface area contributed by atoms with Gasteiger partial charge in [0.05, 0.1) is 12.7 Å². The van der Waals surface area contributed by atoms with Crippen molar-refractivity contribution in [3.05, 3.63) is 41.7 Å². The molecule has 1 aliphatic heterocycles. The maximum atomic E-state index is 13.1. The van der Waals surface area contributed by atoms with Gasteiger partial charge in [0.1, 0.15) is 10.8 Å². The topological polar surface area (TPSA) is 58.6 Å². The number of nitrogens with zero attached hydrogens (tertiary/aromatic N) is 1. The molecule has 0 bridgehead atoms. The summed E-state index contributed by atoms with van der Waals surface area (Å²) in [6.07, 6.45) is 1.98. The minimum absolute atomic E-state index is 0.217. The first kappa shape index (κ1) is 16.4. The molecule has 1 aliphatic rings. The van der Waals surface area contributed by atoms with Gasteiger partial charge in [-0.3, -0.25) is 5.32 Å². The van der Waals surface area contributed by atoms with Crippen LogP contribution >= 0.6 is 11.3 Å². The number of ether oxygens (including phenoxy) is 1. The Morgan fingerprint density at radius 3 is 2.50 bits per heavy atom. The summed E-state index contributed by atoms with van der Waals surface area (Å²) in [6.45, 7) is 1.44. The van der Waals surface area contributed by atoms with Crippen LogP contribution in [0.5, 0.6) is 0 Å². The maximum Gasteiger partial charge on any atom is 0.340 e. The van der Waals surface area contributed by atoms with E-state index in [-0.39, 0.29) is 11.8 Å². The first-order valence-electron chi connectivity index (χ1n) is 7.62. The van der Waals surface area contributed by atoms with Crippen molar-refractivity contribution in [1.29, 1.82) is 0 Å². The fourth-order valence-corrected chi connectivity index (χ4v) is 3.64. The average Bonchev–Trinajstić information content (AvgIpc) is 3.24. The highest BCUT2D eigenvalue weighted by atomic mass is 32.1. The first-order valence-corrected chi connectivity index (χ1v) is 8.44. The van der Waals surface area contributed by atoms with E-state index in [1.807, 2.05) is 0 Å². The molecule has 1 N–H and O–H groups in total. The number of nitrogens with one attached hydrogen (secondary N) is 1. The van der Waals surface area contributed by atoms with E-state index >= 15 is 0 Å². The largest absolute Gasteiger partial charge is 0.465 e. The number of benzene rings is 1. The van der Waals surface area contributed by atoms with Gasteiger partial charge in [-0.2, -0.15) is 0 Å². The minimum atomic E-state index is -0.517. The van der Waals surface area contributed by atoms with E-state index in [1.165, 1.54) is 30.6 Å². The van der Waals surface area contributed by atoms with E-state index in [2.05, 4.69) is 5.32 Å². The molecule has 126 valence electrons. The molecule has 2 aromatic rings. The molecule has 5 nitrogen and oxygen atoms in total. The van der Waals surface area contributed by atoms with E-state index in [4.69, 9.17) is 4.74 Å². The fourth-order valence-electron chi connectivity index (χ4n) is 2.60. The van der Waals surface area contributed by atoms with Gasteiger partial charge in [-0.1, -0.05) is 12.1 Å². The van der Waals surface area contributed by atoms with Crippen LogP contribution in [0.3, 0.4) is 0 Å². The lowest BCUT2D eigenvalue weighted by Gasteiger charge is -2.15. The van der Waals surface area contributed by atoms with E-state index in [1.54, 1.807) is 23.1 Å². The summed E-state index contributed by atoms with van der Waals surface area (Å²) >= 11 is 1.27. The van der Waals surface area contributed by atoms with Gasteiger partial charge >= 0.3 is 12.0 Å². The standard InChI is InChI=1S/C17H17FN2O3S/c1-23-16(21)13-10-14(11-4-6-12(18)7-5-11)24-15(13)19-17(22)20-8-2-3-9-20/h4-7,10H,2-3,8-9H2,1H3,(H,19,22). The summed E-state index contributed by atoms with van der Waals surface area (Å²) in [5, 5.41) is 3.24. The highest BCUT2D eigenvalue weighted by Gasteiger charge is 2.23. The number of methoxy groups -OCH3 is 1. The Kier molecular flexibility index (Phi) is 4.80. The van der Waals surface area contributed by atoms with Crippen molar-refractivity contribution in [2.75, 3.05) is 25.5 Å². The Morgan fingerprint density at radius 2 is 1.88 bits per heavy atom. The van der Waals surface area contributed by atoms with E-state index in [9.17, 15) is 14.0 Å². The molecule has 2 heterocycles. The summed E-state index contributed by atoms with van der Waals surface area (Å²) in [6, 6.07) is 7.42. The summed E-state index contributed by atoms with van der Waals surface area (Å²) in [7, 11) is 1.30. The molecule has 1 fully saturated rings. The summed E-state index contributed by atoms with van der Waals surface area (Å²) in [4.78, 5) is 26.8. The molecule has 0 unspecified atom stereocenters. The average molecular weight is 348 g/mol. The third-order valence-corrected chi connectivity index (χ3v) is 4.98. The van der Waals surface area contributed by atoms with Crippen LogP contribution < -0.4 is 5.32 Å². The number of rotatable bonds is 3. The lowest BCUT2D eigenvalue weighted by Crippen LogP contribution is -2.32. The third kappa shape index (κ3) is 3.41. The number of anilines is 1. The predicted octanol–water partition coefficient (Wildman–Crippen LogP) is 3.97. The van der Waals surface area contributed by atoms with Crippen molar-refractivity contribution in [2.45, 2.75) is 12.8 Å². The van der Waals surface area contributed by atoms with Crippen LogP contribution in [0.1, 0.15) is 23.2 Å². The number of urea groups is 1. The Bertz CT molecular complexity index is 752. The van der Waals surface area contributed by atoms with Crippen LogP contribution in [-0.4, -0.2) is 37.1 Å². The molecule has 1 aromatic heterocycles. The second-order valence-corrected chi connectivity index (χ2v) is 6.53. The number of halogens is 1. The summed E-state index contributed by atoms with van der Waals surface area (Å²) in [5.41, 5.74) is 1.07. The minimum Gasteiger partial charge on any atom is -0.465 e. The van der Waals surface area contributed by atoms with Gasteiger partial charge in [0.25, 0.3) is 0 Å². The number of thiophene rings is 1. The summed E-state index contributed by atoms with van der Waals surface area (Å²) < 4.78 is 17.9. The second-order valence-electron chi connectivity index (χ2n) is 5.48. The highest BCUT2D eigenvalue weighted by molar-refractivity contribution is 7.20. The van der Waals surface area contributed by atoms with Crippen LogP contribution in [0.25, 0.3) is 10.4 Å². The van der Waals surface area contributed by atoms with Crippen LogP contribution in [0.2, 0.25) is 0 Å². The Hall–Kier alpha value is -2.41. The van der Waals surface area contributed by atoms with Crippen LogP contribution in [-0.2, 0) is 4.74 Å². The molecule has 1 saturated heterocycles. The van der Waals surface area contributed by atoms with Crippen molar-refractivity contribution < 1.29 is 18.7 Å². The predicted molar refractivity (Wildman–Crippen MR) is 90.9 cm³/mol. The van der Waals surface area contributed by atoms with Gasteiger partial charge in [0.15, 0.2) is 0 Å². The highest BCUT2D eigenvalue weighted by Crippen LogP contribution is 2.36. The zero-order valence-electron chi connectivity index (χ0n) is 13.2. The molecule has 24 heavy (non-hydrogen) atoms. The molecule has 0 spiro atoms. The van der Waals surface area contributed by atoms with Crippen LogP contribution in [0, 0.1) is 5.82 Å². The smallest absolute Gasteiger partial charge is 0.340 e. The Morgan fingerprint density at radius 1 is 1.21 bits per heavy atom. The molecular weight excluding hydrogens is 331 g/mol. The first-order chi connectivity index (χ1) is 11.6. The normalized spacial score (nSPS) is 13.8. The maximum absolute atomic E-state index is 13.1. The zero-order chi connectivity index (χ0) is 17.1. The summed E-state index contributed by atoms with van der Waals surface area (Å²) in [5.74, 6) is -0.845. The molecule has 7 heteroatoms. The SMILES string of the molecule is COC(=O)c1cc(-c2ccc(F)cc2)sc1NC(=O)N1CCCC1. The van der Waals surface area contributed by atoms with Crippen LogP contribution in [0.15, 0.2) is 30.3 Å². The van der Waals surface area contributed by atoms with Crippen molar-refractivity contribution in [1.82, 2.24) is 4.90 Å². The zero-order valence-corrected chi connectivity index (χ0v) is 14.0. The van der Waals surface area contributed by atoms with E-state index < -0.39 is 5.97 Å². The van der Waals surface area contributed by atoms with Crippen molar-refractivity contribution in [3.8, 4) is 10.4 Å². The molecule has 1 aromatic carbocycles. The van der Waals surface area contributed by atoms with Gasteiger partial charge in [-0.25, -0.2) is 14.0 Å². The number of likely N-dealkylation sites (tertiary alicyclic amines) is 1. The van der Waals surface area contributed by atoms with Gasteiger partial charge < -0.3 is 9.64 Å². The molecule has 2 amide bonds. The fraction of sp³-hybridized carbons (Fsp3) is 0.294. The number of carbonyl (C=O) groups is 2. The lowest BCUT2D eigenvalue weighted by molar-refractivity contribution is 0.0602. The number of amides is 2. The van der Waals surface area contributed by atoms with Gasteiger partial charge in [0.2, 0.25) is 0 Å². The van der Waals surface area contributed by atoms with Crippen molar-refractivity contribution in [2.24, 2.45) is 0 Å². The quantitative estimate of drug-likeness (QED) is 0.854.